The molecule has 1 aliphatic carbocycles. The van der Waals surface area contributed by atoms with Crippen LogP contribution in [-0.4, -0.2) is 29.3 Å². The van der Waals surface area contributed by atoms with E-state index in [9.17, 15) is 9.59 Å². The molecule has 1 aliphatic heterocycles. The van der Waals surface area contributed by atoms with Crippen molar-refractivity contribution >= 4 is 49.4 Å². The van der Waals surface area contributed by atoms with Crippen molar-refractivity contribution in [1.82, 2.24) is 4.90 Å². The summed E-state index contributed by atoms with van der Waals surface area (Å²) in [7, 11) is 0. The van der Waals surface area contributed by atoms with Crippen LogP contribution in [0, 0.1) is 5.92 Å². The molecule has 6 heteroatoms. The van der Waals surface area contributed by atoms with Gasteiger partial charge < -0.3 is 10.2 Å². The third kappa shape index (κ3) is 3.97. The third-order valence-electron chi connectivity index (χ3n) is 4.73. The van der Waals surface area contributed by atoms with Crippen LogP contribution in [0.3, 0.4) is 0 Å². The summed E-state index contributed by atoms with van der Waals surface area (Å²) in [4.78, 5) is 26.7. The number of benzene rings is 1. The SMILES string of the molecule is O=C(Nc1ccc(Br)cc1Br)[C@H]1CC(=O)N(C2CCCCC2)C1. The van der Waals surface area contributed by atoms with E-state index < -0.39 is 0 Å². The molecule has 2 aliphatic rings. The molecule has 0 spiro atoms. The molecule has 0 aromatic heterocycles. The van der Waals surface area contributed by atoms with Crippen LogP contribution in [-0.2, 0) is 9.59 Å². The molecular weight excluding hydrogens is 424 g/mol. The van der Waals surface area contributed by atoms with E-state index in [1.807, 2.05) is 23.1 Å². The number of nitrogens with zero attached hydrogens (tertiary/aromatic N) is 1. The van der Waals surface area contributed by atoms with Gasteiger partial charge in [0.05, 0.1) is 11.6 Å². The van der Waals surface area contributed by atoms with Crippen LogP contribution >= 0.6 is 31.9 Å². The van der Waals surface area contributed by atoms with Gasteiger partial charge in [0.2, 0.25) is 11.8 Å². The minimum atomic E-state index is -0.250. The molecule has 0 bridgehead atoms. The molecule has 0 unspecified atom stereocenters. The van der Waals surface area contributed by atoms with Crippen LogP contribution in [0.1, 0.15) is 38.5 Å². The zero-order chi connectivity index (χ0) is 16.4. The first-order valence-corrected chi connectivity index (χ1v) is 9.68. The second-order valence-electron chi connectivity index (χ2n) is 6.35. The van der Waals surface area contributed by atoms with E-state index in [0.29, 0.717) is 19.0 Å². The molecule has 2 amide bonds. The molecule has 124 valence electrons. The Kier molecular flexibility index (Phi) is 5.42. The van der Waals surface area contributed by atoms with Gasteiger partial charge >= 0.3 is 0 Å². The number of nitrogens with one attached hydrogen (secondary N) is 1. The van der Waals surface area contributed by atoms with E-state index in [2.05, 4.69) is 37.2 Å². The highest BCUT2D eigenvalue weighted by molar-refractivity contribution is 9.11. The molecule has 1 heterocycles. The first-order valence-electron chi connectivity index (χ1n) is 8.10. The Morgan fingerprint density at radius 3 is 2.61 bits per heavy atom. The molecule has 1 saturated heterocycles. The summed E-state index contributed by atoms with van der Waals surface area (Å²) in [5.74, 6) is -0.188. The summed E-state index contributed by atoms with van der Waals surface area (Å²) in [5, 5.41) is 2.94. The van der Waals surface area contributed by atoms with Gasteiger partial charge in [-0.3, -0.25) is 9.59 Å². The lowest BCUT2D eigenvalue weighted by molar-refractivity contribution is -0.130. The number of halogens is 2. The number of hydrogen-bond donors (Lipinski definition) is 1. The normalized spacial score (nSPS) is 22.4. The van der Waals surface area contributed by atoms with Gasteiger partial charge in [-0.2, -0.15) is 0 Å². The van der Waals surface area contributed by atoms with Gasteiger partial charge in [0.15, 0.2) is 0 Å². The van der Waals surface area contributed by atoms with E-state index in [1.54, 1.807) is 0 Å². The first kappa shape index (κ1) is 17.0. The van der Waals surface area contributed by atoms with Crippen molar-refractivity contribution in [3.05, 3.63) is 27.1 Å². The number of carbonyl (C=O) groups is 2. The van der Waals surface area contributed by atoms with Gasteiger partial charge in [-0.15, -0.1) is 0 Å². The molecule has 1 saturated carbocycles. The van der Waals surface area contributed by atoms with Crippen LogP contribution < -0.4 is 5.32 Å². The summed E-state index contributed by atoms with van der Waals surface area (Å²) >= 11 is 6.84. The van der Waals surface area contributed by atoms with Crippen LogP contribution in [0.15, 0.2) is 27.1 Å². The number of anilines is 1. The van der Waals surface area contributed by atoms with Crippen molar-refractivity contribution in [3.63, 3.8) is 0 Å². The highest BCUT2D eigenvalue weighted by Crippen LogP contribution is 2.30. The Hall–Kier alpha value is -0.880. The second-order valence-corrected chi connectivity index (χ2v) is 8.12. The number of carbonyl (C=O) groups excluding carboxylic acids is 2. The largest absolute Gasteiger partial charge is 0.339 e. The number of amides is 2. The van der Waals surface area contributed by atoms with Gasteiger partial charge in [-0.1, -0.05) is 35.2 Å². The van der Waals surface area contributed by atoms with Crippen molar-refractivity contribution in [2.75, 3.05) is 11.9 Å². The first-order chi connectivity index (χ1) is 11.0. The van der Waals surface area contributed by atoms with E-state index >= 15 is 0 Å². The van der Waals surface area contributed by atoms with E-state index in [-0.39, 0.29) is 17.7 Å². The van der Waals surface area contributed by atoms with Crippen LogP contribution in [0.25, 0.3) is 0 Å². The summed E-state index contributed by atoms with van der Waals surface area (Å²) in [6, 6.07) is 5.97. The topological polar surface area (TPSA) is 49.4 Å². The lowest BCUT2D eigenvalue weighted by Crippen LogP contribution is -2.38. The minimum Gasteiger partial charge on any atom is -0.339 e. The standard InChI is InChI=1S/C17H20Br2N2O2/c18-12-6-7-15(14(19)9-12)20-17(23)11-8-16(22)21(10-11)13-4-2-1-3-5-13/h6-7,9,11,13H,1-5,8,10H2,(H,20,23)/t11-/m0/s1. The van der Waals surface area contributed by atoms with Gasteiger partial charge in [-0.05, 0) is 47.0 Å². The molecular formula is C17H20Br2N2O2. The van der Waals surface area contributed by atoms with Crippen molar-refractivity contribution < 1.29 is 9.59 Å². The highest BCUT2D eigenvalue weighted by Gasteiger charge is 2.38. The van der Waals surface area contributed by atoms with Crippen molar-refractivity contribution in [1.29, 1.82) is 0 Å². The minimum absolute atomic E-state index is 0.0697. The average molecular weight is 444 g/mol. The fraction of sp³-hybridized carbons (Fsp3) is 0.529. The zero-order valence-corrected chi connectivity index (χ0v) is 16.0. The van der Waals surface area contributed by atoms with Crippen molar-refractivity contribution in [2.24, 2.45) is 5.92 Å². The van der Waals surface area contributed by atoms with Gasteiger partial charge in [-0.25, -0.2) is 0 Å². The molecule has 4 nitrogen and oxygen atoms in total. The lowest BCUT2D eigenvalue weighted by atomic mass is 9.94. The summed E-state index contributed by atoms with van der Waals surface area (Å²) in [6.45, 7) is 0.559. The van der Waals surface area contributed by atoms with Crippen molar-refractivity contribution in [2.45, 2.75) is 44.6 Å². The number of rotatable bonds is 3. The molecule has 3 rings (SSSR count). The molecule has 23 heavy (non-hydrogen) atoms. The number of likely N-dealkylation sites (tertiary alicyclic amines) is 1. The Morgan fingerprint density at radius 2 is 1.91 bits per heavy atom. The van der Waals surface area contributed by atoms with Gasteiger partial charge in [0.25, 0.3) is 0 Å². The average Bonchev–Trinajstić information content (AvgIpc) is 2.93. The molecule has 1 aromatic carbocycles. The Labute approximate surface area is 153 Å². The molecule has 0 radical (unpaired) electrons. The quantitative estimate of drug-likeness (QED) is 0.755. The highest BCUT2D eigenvalue weighted by atomic mass is 79.9. The Morgan fingerprint density at radius 1 is 1.17 bits per heavy atom. The molecule has 1 aromatic rings. The lowest BCUT2D eigenvalue weighted by Gasteiger charge is -2.31. The molecule has 2 fully saturated rings. The predicted molar refractivity (Wildman–Crippen MR) is 97.2 cm³/mol. The zero-order valence-electron chi connectivity index (χ0n) is 12.9. The van der Waals surface area contributed by atoms with E-state index in [0.717, 1.165) is 27.5 Å². The maximum absolute atomic E-state index is 12.5. The molecule has 1 N–H and O–H groups in total. The molecule has 1 atom stereocenters. The van der Waals surface area contributed by atoms with Crippen LogP contribution in [0.4, 0.5) is 5.69 Å². The maximum atomic E-state index is 12.5. The smallest absolute Gasteiger partial charge is 0.229 e. The second kappa shape index (κ2) is 7.34. The number of hydrogen-bond acceptors (Lipinski definition) is 2. The predicted octanol–water partition coefficient (Wildman–Crippen LogP) is 4.33. The summed E-state index contributed by atoms with van der Waals surface area (Å²) in [5.41, 5.74) is 0.738. The van der Waals surface area contributed by atoms with Crippen LogP contribution in [0.2, 0.25) is 0 Å². The van der Waals surface area contributed by atoms with Crippen molar-refractivity contribution in [3.8, 4) is 0 Å². The summed E-state index contributed by atoms with van der Waals surface area (Å²) < 4.78 is 1.77. The fourth-order valence-electron chi connectivity index (χ4n) is 3.48. The van der Waals surface area contributed by atoms with Gasteiger partial charge in [0.1, 0.15) is 0 Å². The van der Waals surface area contributed by atoms with Gasteiger partial charge in [0, 0.05) is 28.0 Å². The van der Waals surface area contributed by atoms with Crippen LogP contribution in [0.5, 0.6) is 0 Å². The van der Waals surface area contributed by atoms with E-state index in [1.165, 1.54) is 19.3 Å². The third-order valence-corrected chi connectivity index (χ3v) is 5.88. The Bertz CT molecular complexity index is 615. The Balaban J connectivity index is 1.63. The van der Waals surface area contributed by atoms with E-state index in [4.69, 9.17) is 0 Å². The summed E-state index contributed by atoms with van der Waals surface area (Å²) in [6.07, 6.45) is 6.14. The maximum Gasteiger partial charge on any atom is 0.229 e. The fourth-order valence-corrected chi connectivity index (χ4v) is 4.62. The monoisotopic (exact) mass is 442 g/mol.